The lowest BCUT2D eigenvalue weighted by Gasteiger charge is -2.36. The van der Waals surface area contributed by atoms with Gasteiger partial charge in [-0.2, -0.15) is 0 Å². The summed E-state index contributed by atoms with van der Waals surface area (Å²) >= 11 is 0. The predicted octanol–water partition coefficient (Wildman–Crippen LogP) is 2.20. The molecule has 4 nitrogen and oxygen atoms in total. The van der Waals surface area contributed by atoms with Crippen LogP contribution in [0, 0.1) is 33.1 Å². The van der Waals surface area contributed by atoms with Gasteiger partial charge in [0.1, 0.15) is 0 Å². The lowest BCUT2D eigenvalue weighted by molar-refractivity contribution is -0.169. The fraction of sp³-hybridized carbons (Fsp3) is 0.467. The third kappa shape index (κ3) is 1.87. The van der Waals surface area contributed by atoms with E-state index in [2.05, 4.69) is 0 Å². The molecular formula is C15H18O4. The summed E-state index contributed by atoms with van der Waals surface area (Å²) in [5.41, 5.74) is 2.89. The number of carbonyl (C=O) groups excluding carboxylic acids is 1. The van der Waals surface area contributed by atoms with Gasteiger partial charge in [-0.25, -0.2) is 0 Å². The van der Waals surface area contributed by atoms with Gasteiger partial charge in [0, 0.05) is 5.56 Å². The molecule has 0 aromatic heterocycles. The van der Waals surface area contributed by atoms with Crippen molar-refractivity contribution in [2.75, 3.05) is 13.2 Å². The Labute approximate surface area is 112 Å². The van der Waals surface area contributed by atoms with Gasteiger partial charge < -0.3 is 9.84 Å². The fourth-order valence-corrected chi connectivity index (χ4v) is 2.45. The minimum Gasteiger partial charge on any atom is -0.480 e. The third-order valence-electron chi connectivity index (χ3n) is 4.13. The standard InChI is InChI=1S/C15H18O4/c1-8-5-9(2)11(4)12(10(8)3)13(16)15(14(17)18)6-19-7-15/h5H,6-7H2,1-4H3,(H,17,18). The monoisotopic (exact) mass is 262 g/mol. The van der Waals surface area contributed by atoms with Gasteiger partial charge in [-0.15, -0.1) is 0 Å². The van der Waals surface area contributed by atoms with E-state index >= 15 is 0 Å². The Hall–Kier alpha value is -1.68. The zero-order chi connectivity index (χ0) is 14.4. The number of hydrogen-bond donors (Lipinski definition) is 1. The molecule has 1 aliphatic heterocycles. The van der Waals surface area contributed by atoms with E-state index in [4.69, 9.17) is 4.74 Å². The SMILES string of the molecule is Cc1cc(C)c(C)c(C(=O)C2(C(=O)O)COC2)c1C. The Bertz CT molecular complexity index is 542. The zero-order valence-corrected chi connectivity index (χ0v) is 11.7. The number of hydrogen-bond acceptors (Lipinski definition) is 3. The zero-order valence-electron chi connectivity index (χ0n) is 11.7. The number of carboxylic acid groups (broad SMARTS) is 1. The summed E-state index contributed by atoms with van der Waals surface area (Å²) < 4.78 is 4.98. The molecule has 1 fully saturated rings. The molecule has 1 aromatic rings. The molecule has 0 saturated carbocycles. The Morgan fingerprint density at radius 1 is 1.11 bits per heavy atom. The summed E-state index contributed by atoms with van der Waals surface area (Å²) in [7, 11) is 0. The smallest absolute Gasteiger partial charge is 0.322 e. The van der Waals surface area contributed by atoms with E-state index in [-0.39, 0.29) is 19.0 Å². The number of rotatable bonds is 3. The van der Waals surface area contributed by atoms with Crippen LogP contribution in [-0.4, -0.2) is 30.1 Å². The molecule has 0 atom stereocenters. The Kier molecular flexibility index (Phi) is 3.22. The first kappa shape index (κ1) is 13.7. The van der Waals surface area contributed by atoms with Crippen molar-refractivity contribution in [3.8, 4) is 0 Å². The van der Waals surface area contributed by atoms with E-state index in [0.717, 1.165) is 22.3 Å². The van der Waals surface area contributed by atoms with Gasteiger partial charge in [0.05, 0.1) is 13.2 Å². The minimum absolute atomic E-state index is 0.0347. The van der Waals surface area contributed by atoms with Crippen molar-refractivity contribution in [3.05, 3.63) is 33.9 Å². The largest absolute Gasteiger partial charge is 0.480 e. The normalized spacial score (nSPS) is 16.8. The topological polar surface area (TPSA) is 63.6 Å². The lowest BCUT2D eigenvalue weighted by atomic mass is 9.75. The van der Waals surface area contributed by atoms with Crippen LogP contribution in [0.4, 0.5) is 0 Å². The van der Waals surface area contributed by atoms with Crippen LogP contribution in [0.25, 0.3) is 0 Å². The molecule has 19 heavy (non-hydrogen) atoms. The van der Waals surface area contributed by atoms with Crippen LogP contribution in [0.5, 0.6) is 0 Å². The number of carbonyl (C=O) groups is 2. The number of benzene rings is 1. The molecule has 1 heterocycles. The van der Waals surface area contributed by atoms with Crippen LogP contribution < -0.4 is 0 Å². The van der Waals surface area contributed by atoms with Crippen LogP contribution in [0.15, 0.2) is 6.07 Å². The molecule has 4 heteroatoms. The molecule has 0 spiro atoms. The van der Waals surface area contributed by atoms with E-state index in [0.29, 0.717) is 5.56 Å². The van der Waals surface area contributed by atoms with Crippen molar-refractivity contribution in [2.24, 2.45) is 5.41 Å². The van der Waals surface area contributed by atoms with E-state index in [9.17, 15) is 14.7 Å². The molecule has 1 aliphatic rings. The van der Waals surface area contributed by atoms with Crippen LogP contribution in [0.3, 0.4) is 0 Å². The number of aliphatic carboxylic acids is 1. The maximum Gasteiger partial charge on any atom is 0.322 e. The summed E-state index contributed by atoms with van der Waals surface area (Å²) in [5, 5.41) is 9.34. The summed E-state index contributed by atoms with van der Waals surface area (Å²) in [6, 6.07) is 2.02. The molecular weight excluding hydrogens is 244 g/mol. The van der Waals surface area contributed by atoms with Gasteiger partial charge in [0.15, 0.2) is 11.2 Å². The van der Waals surface area contributed by atoms with Crippen LogP contribution >= 0.6 is 0 Å². The number of carboxylic acids is 1. The molecule has 0 aliphatic carbocycles. The van der Waals surface area contributed by atoms with Gasteiger partial charge >= 0.3 is 5.97 Å². The molecule has 102 valence electrons. The summed E-state index contributed by atoms with van der Waals surface area (Å²) in [4.78, 5) is 24.1. The maximum absolute atomic E-state index is 12.7. The second kappa shape index (κ2) is 4.46. The highest BCUT2D eigenvalue weighted by Gasteiger charge is 2.53. The second-order valence-electron chi connectivity index (χ2n) is 5.34. The van der Waals surface area contributed by atoms with Crippen molar-refractivity contribution >= 4 is 11.8 Å². The quantitative estimate of drug-likeness (QED) is 0.670. The van der Waals surface area contributed by atoms with E-state index in [1.165, 1.54) is 0 Å². The summed E-state index contributed by atoms with van der Waals surface area (Å²) in [6.07, 6.45) is 0. The van der Waals surface area contributed by atoms with E-state index in [1.54, 1.807) is 0 Å². The number of aryl methyl sites for hydroxylation is 2. The highest BCUT2D eigenvalue weighted by molar-refractivity contribution is 6.14. The first-order valence-corrected chi connectivity index (χ1v) is 6.24. The second-order valence-corrected chi connectivity index (χ2v) is 5.34. The highest BCUT2D eigenvalue weighted by Crippen LogP contribution is 2.35. The minimum atomic E-state index is -1.39. The molecule has 0 radical (unpaired) electrons. The van der Waals surface area contributed by atoms with Gasteiger partial charge in [-0.3, -0.25) is 9.59 Å². The molecule has 1 N–H and O–H groups in total. The first-order chi connectivity index (χ1) is 8.81. The molecule has 0 amide bonds. The average Bonchev–Trinajstić information content (AvgIpc) is 2.24. The van der Waals surface area contributed by atoms with Gasteiger partial charge in [-0.05, 0) is 49.9 Å². The Morgan fingerprint density at radius 2 is 1.58 bits per heavy atom. The molecule has 0 bridgehead atoms. The van der Waals surface area contributed by atoms with Crippen molar-refractivity contribution < 1.29 is 19.4 Å². The average molecular weight is 262 g/mol. The first-order valence-electron chi connectivity index (χ1n) is 6.24. The molecule has 1 aromatic carbocycles. The van der Waals surface area contributed by atoms with Gasteiger partial charge in [0.25, 0.3) is 0 Å². The van der Waals surface area contributed by atoms with Crippen LogP contribution in [0.1, 0.15) is 32.6 Å². The fourth-order valence-electron chi connectivity index (χ4n) is 2.45. The van der Waals surface area contributed by atoms with Crippen molar-refractivity contribution in [1.29, 1.82) is 0 Å². The van der Waals surface area contributed by atoms with Gasteiger partial charge in [0.2, 0.25) is 0 Å². The molecule has 2 rings (SSSR count). The van der Waals surface area contributed by atoms with E-state index < -0.39 is 11.4 Å². The van der Waals surface area contributed by atoms with E-state index in [1.807, 2.05) is 33.8 Å². The van der Waals surface area contributed by atoms with Crippen molar-refractivity contribution in [2.45, 2.75) is 27.7 Å². The summed E-state index contributed by atoms with van der Waals surface area (Å²) in [5.74, 6) is -1.42. The van der Waals surface area contributed by atoms with Gasteiger partial charge in [-0.1, -0.05) is 6.07 Å². The number of ketones is 1. The maximum atomic E-state index is 12.7. The van der Waals surface area contributed by atoms with Crippen molar-refractivity contribution in [3.63, 3.8) is 0 Å². The number of Topliss-reactive ketones (excluding diaryl/α,β-unsaturated/α-hetero) is 1. The Balaban J connectivity index is 2.59. The molecule has 0 unspecified atom stereocenters. The van der Waals surface area contributed by atoms with Crippen LogP contribution in [0.2, 0.25) is 0 Å². The van der Waals surface area contributed by atoms with Crippen LogP contribution in [-0.2, 0) is 9.53 Å². The lowest BCUT2D eigenvalue weighted by Crippen LogP contribution is -2.55. The highest BCUT2D eigenvalue weighted by atomic mass is 16.5. The third-order valence-corrected chi connectivity index (χ3v) is 4.13. The summed E-state index contributed by atoms with van der Waals surface area (Å²) in [6.45, 7) is 7.53. The Morgan fingerprint density at radius 3 is 1.89 bits per heavy atom. The van der Waals surface area contributed by atoms with Crippen molar-refractivity contribution in [1.82, 2.24) is 0 Å². The molecule has 1 saturated heterocycles. The number of ether oxygens (including phenoxy) is 1. The predicted molar refractivity (Wildman–Crippen MR) is 70.6 cm³/mol.